The minimum absolute atomic E-state index is 0.181. The molecule has 1 saturated heterocycles. The second kappa shape index (κ2) is 6.75. The lowest BCUT2D eigenvalue weighted by atomic mass is 10.2. The van der Waals surface area contributed by atoms with Gasteiger partial charge in [0.2, 0.25) is 5.91 Å². The summed E-state index contributed by atoms with van der Waals surface area (Å²) in [4.78, 5) is 20.2. The molecule has 116 valence electrons. The SMILES string of the molecule is CC(=O)N1CCN(CCn2ccnc2-c2ccccc2)CC1. The highest BCUT2D eigenvalue weighted by atomic mass is 16.2. The van der Waals surface area contributed by atoms with Crippen molar-refractivity contribution in [1.82, 2.24) is 19.4 Å². The molecule has 5 nitrogen and oxygen atoms in total. The van der Waals surface area contributed by atoms with Gasteiger partial charge in [0, 0.05) is 64.1 Å². The Morgan fingerprint density at radius 1 is 1.09 bits per heavy atom. The average molecular weight is 298 g/mol. The number of rotatable bonds is 4. The molecule has 0 atom stereocenters. The maximum Gasteiger partial charge on any atom is 0.219 e. The first-order chi connectivity index (χ1) is 10.7. The zero-order chi connectivity index (χ0) is 15.4. The molecule has 1 aliphatic rings. The molecule has 0 saturated carbocycles. The number of imidazole rings is 1. The Morgan fingerprint density at radius 2 is 1.82 bits per heavy atom. The molecule has 0 bridgehead atoms. The van der Waals surface area contributed by atoms with Crippen LogP contribution in [0, 0.1) is 0 Å². The Labute approximate surface area is 131 Å². The summed E-state index contributed by atoms with van der Waals surface area (Å²) >= 11 is 0. The van der Waals surface area contributed by atoms with Crippen LogP contribution < -0.4 is 0 Å². The van der Waals surface area contributed by atoms with Crippen LogP contribution in [0.1, 0.15) is 6.92 Å². The van der Waals surface area contributed by atoms with Gasteiger partial charge < -0.3 is 9.47 Å². The van der Waals surface area contributed by atoms with Crippen LogP contribution in [0.5, 0.6) is 0 Å². The van der Waals surface area contributed by atoms with Gasteiger partial charge in [0.25, 0.3) is 0 Å². The van der Waals surface area contributed by atoms with E-state index >= 15 is 0 Å². The Morgan fingerprint density at radius 3 is 2.50 bits per heavy atom. The van der Waals surface area contributed by atoms with E-state index in [0.717, 1.165) is 50.7 Å². The second-order valence-corrected chi connectivity index (χ2v) is 5.66. The number of benzene rings is 1. The normalized spacial score (nSPS) is 16.0. The third-order valence-electron chi connectivity index (χ3n) is 4.22. The van der Waals surface area contributed by atoms with Crippen LogP contribution in [0.25, 0.3) is 11.4 Å². The molecule has 1 aliphatic heterocycles. The molecule has 2 heterocycles. The number of nitrogens with zero attached hydrogens (tertiary/aromatic N) is 4. The molecule has 0 radical (unpaired) electrons. The lowest BCUT2D eigenvalue weighted by molar-refractivity contribution is -0.130. The second-order valence-electron chi connectivity index (χ2n) is 5.66. The molecule has 1 fully saturated rings. The quantitative estimate of drug-likeness (QED) is 0.863. The van der Waals surface area contributed by atoms with Crippen molar-refractivity contribution < 1.29 is 4.79 Å². The Balaban J connectivity index is 1.57. The molecule has 0 N–H and O–H groups in total. The summed E-state index contributed by atoms with van der Waals surface area (Å²) in [5.41, 5.74) is 1.15. The largest absolute Gasteiger partial charge is 0.340 e. The van der Waals surface area contributed by atoms with E-state index in [1.54, 1.807) is 6.92 Å². The Bertz CT molecular complexity index is 615. The number of aromatic nitrogens is 2. The highest BCUT2D eigenvalue weighted by Gasteiger charge is 2.18. The molecule has 0 spiro atoms. The number of amides is 1. The van der Waals surface area contributed by atoms with Crippen molar-refractivity contribution in [1.29, 1.82) is 0 Å². The molecule has 5 heteroatoms. The monoisotopic (exact) mass is 298 g/mol. The lowest BCUT2D eigenvalue weighted by Gasteiger charge is -2.34. The molecule has 1 aromatic heterocycles. The van der Waals surface area contributed by atoms with Gasteiger partial charge in [-0.3, -0.25) is 9.69 Å². The summed E-state index contributed by atoms with van der Waals surface area (Å²) in [5, 5.41) is 0. The van der Waals surface area contributed by atoms with Crippen molar-refractivity contribution in [3.63, 3.8) is 0 Å². The number of hydrogen-bond donors (Lipinski definition) is 0. The average Bonchev–Trinajstić information content (AvgIpc) is 3.02. The van der Waals surface area contributed by atoms with Crippen LogP contribution in [0.15, 0.2) is 42.7 Å². The van der Waals surface area contributed by atoms with Gasteiger partial charge >= 0.3 is 0 Å². The number of hydrogen-bond acceptors (Lipinski definition) is 3. The van der Waals surface area contributed by atoms with Crippen LogP contribution in [-0.4, -0.2) is 58.0 Å². The van der Waals surface area contributed by atoms with Gasteiger partial charge in [-0.15, -0.1) is 0 Å². The first-order valence-corrected chi connectivity index (χ1v) is 7.78. The van der Waals surface area contributed by atoms with Crippen LogP contribution in [-0.2, 0) is 11.3 Å². The van der Waals surface area contributed by atoms with Crippen molar-refractivity contribution in [3.8, 4) is 11.4 Å². The number of piperazine rings is 1. The van der Waals surface area contributed by atoms with E-state index in [4.69, 9.17) is 0 Å². The van der Waals surface area contributed by atoms with Crippen LogP contribution in [0.2, 0.25) is 0 Å². The predicted octanol–water partition coefficient (Wildman–Crippen LogP) is 1.71. The molecule has 3 rings (SSSR count). The van der Waals surface area contributed by atoms with Crippen molar-refractivity contribution in [3.05, 3.63) is 42.7 Å². The van der Waals surface area contributed by atoms with E-state index in [2.05, 4.69) is 26.6 Å². The van der Waals surface area contributed by atoms with Gasteiger partial charge in [0.05, 0.1) is 0 Å². The van der Waals surface area contributed by atoms with E-state index in [-0.39, 0.29) is 5.91 Å². The molecule has 2 aromatic rings. The first kappa shape index (κ1) is 14.8. The van der Waals surface area contributed by atoms with E-state index in [1.807, 2.05) is 35.5 Å². The lowest BCUT2D eigenvalue weighted by Crippen LogP contribution is -2.48. The highest BCUT2D eigenvalue weighted by Crippen LogP contribution is 2.16. The van der Waals surface area contributed by atoms with Gasteiger partial charge in [0.15, 0.2) is 0 Å². The summed E-state index contributed by atoms with van der Waals surface area (Å²) < 4.78 is 2.20. The van der Waals surface area contributed by atoms with Gasteiger partial charge in [-0.2, -0.15) is 0 Å². The summed E-state index contributed by atoms with van der Waals surface area (Å²) in [6.07, 6.45) is 3.89. The standard InChI is InChI=1S/C17H22N4O/c1-15(22)20-12-9-19(10-13-20)11-14-21-8-7-18-17(21)16-5-3-2-4-6-16/h2-8H,9-14H2,1H3. The zero-order valence-corrected chi connectivity index (χ0v) is 13.0. The van der Waals surface area contributed by atoms with Gasteiger partial charge in [-0.1, -0.05) is 30.3 Å². The summed E-state index contributed by atoms with van der Waals surface area (Å²) in [7, 11) is 0. The van der Waals surface area contributed by atoms with Crippen LogP contribution in [0.3, 0.4) is 0 Å². The number of carbonyl (C=O) groups excluding carboxylic acids is 1. The summed E-state index contributed by atoms with van der Waals surface area (Å²) in [5.74, 6) is 1.20. The molecule has 0 unspecified atom stereocenters. The third-order valence-corrected chi connectivity index (χ3v) is 4.22. The predicted molar refractivity (Wildman–Crippen MR) is 86.4 cm³/mol. The molecular weight excluding hydrogens is 276 g/mol. The topological polar surface area (TPSA) is 41.4 Å². The van der Waals surface area contributed by atoms with Crippen molar-refractivity contribution in [2.45, 2.75) is 13.5 Å². The van der Waals surface area contributed by atoms with Crippen molar-refractivity contribution in [2.24, 2.45) is 0 Å². The fourth-order valence-corrected chi connectivity index (χ4v) is 2.87. The third kappa shape index (κ3) is 3.36. The van der Waals surface area contributed by atoms with Crippen molar-refractivity contribution >= 4 is 5.91 Å². The minimum atomic E-state index is 0.181. The van der Waals surface area contributed by atoms with Crippen molar-refractivity contribution in [2.75, 3.05) is 32.7 Å². The summed E-state index contributed by atoms with van der Waals surface area (Å²) in [6.45, 7) is 7.14. The molecule has 1 aromatic carbocycles. The maximum absolute atomic E-state index is 11.3. The number of carbonyl (C=O) groups is 1. The molecule has 1 amide bonds. The molecular formula is C17H22N4O. The maximum atomic E-state index is 11.3. The van der Waals surface area contributed by atoms with Gasteiger partial charge in [-0.05, 0) is 0 Å². The minimum Gasteiger partial charge on any atom is -0.340 e. The van der Waals surface area contributed by atoms with E-state index < -0.39 is 0 Å². The van der Waals surface area contributed by atoms with Gasteiger partial charge in [-0.25, -0.2) is 4.98 Å². The molecule has 22 heavy (non-hydrogen) atoms. The summed E-state index contributed by atoms with van der Waals surface area (Å²) in [6, 6.07) is 10.3. The highest BCUT2D eigenvalue weighted by molar-refractivity contribution is 5.73. The smallest absolute Gasteiger partial charge is 0.219 e. The Kier molecular flexibility index (Phi) is 4.53. The van der Waals surface area contributed by atoms with Crippen LogP contribution >= 0.6 is 0 Å². The van der Waals surface area contributed by atoms with E-state index in [0.29, 0.717) is 0 Å². The van der Waals surface area contributed by atoms with E-state index in [1.165, 1.54) is 0 Å². The zero-order valence-electron chi connectivity index (χ0n) is 13.0. The fraction of sp³-hybridized carbons (Fsp3) is 0.412. The Hall–Kier alpha value is -2.14. The first-order valence-electron chi connectivity index (χ1n) is 7.78. The fourth-order valence-electron chi connectivity index (χ4n) is 2.87. The van der Waals surface area contributed by atoms with Gasteiger partial charge in [0.1, 0.15) is 5.82 Å². The molecule has 0 aliphatic carbocycles. The van der Waals surface area contributed by atoms with E-state index in [9.17, 15) is 4.79 Å². The van der Waals surface area contributed by atoms with Crippen LogP contribution in [0.4, 0.5) is 0 Å².